The summed E-state index contributed by atoms with van der Waals surface area (Å²) in [6, 6.07) is 3.56. The second-order valence-corrected chi connectivity index (χ2v) is 2.91. The topological polar surface area (TPSA) is 52.8 Å². The number of rotatable bonds is 2. The van der Waals surface area contributed by atoms with Gasteiger partial charge in [0.05, 0.1) is 20.4 Å². The number of imidazole rings is 1. The number of ether oxygens (including phenoxy) is 2. The summed E-state index contributed by atoms with van der Waals surface area (Å²) in [6.07, 6.45) is 3.20. The Morgan fingerprint density at radius 2 is 2.27 bits per heavy atom. The van der Waals surface area contributed by atoms with Gasteiger partial charge in [-0.2, -0.15) is 0 Å². The van der Waals surface area contributed by atoms with E-state index in [1.165, 1.54) is 13.3 Å². The highest BCUT2D eigenvalue weighted by Gasteiger charge is 2.13. The third-order valence-corrected chi connectivity index (χ3v) is 2.11. The van der Waals surface area contributed by atoms with Crippen LogP contribution in [0.25, 0.3) is 5.65 Å². The number of pyridine rings is 1. The van der Waals surface area contributed by atoms with Crippen molar-refractivity contribution < 1.29 is 14.3 Å². The lowest BCUT2D eigenvalue weighted by atomic mass is 10.4. The summed E-state index contributed by atoms with van der Waals surface area (Å²) >= 11 is 0. The fourth-order valence-corrected chi connectivity index (χ4v) is 1.40. The molecule has 2 heterocycles. The molecule has 2 aromatic rings. The molecule has 0 aliphatic carbocycles. The number of aromatic nitrogens is 2. The van der Waals surface area contributed by atoms with Crippen LogP contribution in [0.15, 0.2) is 24.5 Å². The second kappa shape index (κ2) is 3.61. The molecule has 0 fully saturated rings. The molecule has 0 N–H and O–H groups in total. The van der Waals surface area contributed by atoms with Crippen LogP contribution in [0.1, 0.15) is 10.5 Å². The number of hydrogen-bond acceptors (Lipinski definition) is 4. The molecule has 0 radical (unpaired) electrons. The Kier molecular flexibility index (Phi) is 2.29. The summed E-state index contributed by atoms with van der Waals surface area (Å²) in [5, 5.41) is 0. The average Bonchev–Trinajstić information content (AvgIpc) is 2.71. The maximum Gasteiger partial charge on any atom is 0.356 e. The number of hydrogen-bond donors (Lipinski definition) is 0. The molecule has 0 saturated carbocycles. The van der Waals surface area contributed by atoms with Gasteiger partial charge in [-0.3, -0.25) is 4.40 Å². The first-order valence-electron chi connectivity index (χ1n) is 4.36. The number of carbonyl (C=O) groups is 1. The van der Waals surface area contributed by atoms with Crippen LogP contribution >= 0.6 is 0 Å². The van der Waals surface area contributed by atoms with Gasteiger partial charge in [0.1, 0.15) is 0 Å². The van der Waals surface area contributed by atoms with E-state index in [1.54, 1.807) is 29.8 Å². The van der Waals surface area contributed by atoms with Crippen LogP contribution in [0, 0.1) is 0 Å². The van der Waals surface area contributed by atoms with Crippen LogP contribution in [0.4, 0.5) is 0 Å². The predicted octanol–water partition coefficient (Wildman–Crippen LogP) is 1.13. The summed E-state index contributed by atoms with van der Waals surface area (Å²) in [7, 11) is 2.89. The highest BCUT2D eigenvalue weighted by Crippen LogP contribution is 2.18. The zero-order valence-corrected chi connectivity index (χ0v) is 8.43. The van der Waals surface area contributed by atoms with Crippen LogP contribution in [-0.2, 0) is 4.74 Å². The Morgan fingerprint density at radius 3 is 2.93 bits per heavy atom. The highest BCUT2D eigenvalue weighted by molar-refractivity contribution is 5.88. The molecule has 5 nitrogen and oxygen atoms in total. The van der Waals surface area contributed by atoms with Crippen LogP contribution in [0.5, 0.6) is 5.75 Å². The fourth-order valence-electron chi connectivity index (χ4n) is 1.40. The maximum atomic E-state index is 11.4. The summed E-state index contributed by atoms with van der Waals surface area (Å²) < 4.78 is 11.4. The van der Waals surface area contributed by atoms with Crippen molar-refractivity contribution in [3.8, 4) is 5.75 Å². The number of esters is 1. The fraction of sp³-hybridized carbons (Fsp3) is 0.200. The van der Waals surface area contributed by atoms with Crippen LogP contribution in [0.2, 0.25) is 0 Å². The molecule has 5 heteroatoms. The smallest absolute Gasteiger partial charge is 0.356 e. The van der Waals surface area contributed by atoms with Gasteiger partial charge in [-0.25, -0.2) is 9.78 Å². The van der Waals surface area contributed by atoms with E-state index in [0.29, 0.717) is 17.1 Å². The highest BCUT2D eigenvalue weighted by atomic mass is 16.5. The Balaban J connectivity index is 2.66. The zero-order chi connectivity index (χ0) is 10.8. The summed E-state index contributed by atoms with van der Waals surface area (Å²) in [6.45, 7) is 0. The normalized spacial score (nSPS) is 10.3. The molecule has 78 valence electrons. The molecule has 0 spiro atoms. The van der Waals surface area contributed by atoms with Gasteiger partial charge in [-0.05, 0) is 12.1 Å². The molecule has 2 rings (SSSR count). The van der Waals surface area contributed by atoms with Gasteiger partial charge in [0.25, 0.3) is 0 Å². The van der Waals surface area contributed by atoms with Crippen molar-refractivity contribution in [3.05, 3.63) is 30.2 Å². The monoisotopic (exact) mass is 206 g/mol. The molecule has 0 saturated heterocycles. The first-order chi connectivity index (χ1) is 7.27. The molecule has 0 atom stereocenters. The van der Waals surface area contributed by atoms with E-state index in [4.69, 9.17) is 4.74 Å². The van der Waals surface area contributed by atoms with E-state index in [0.717, 1.165) is 0 Å². The molecule has 0 aliphatic rings. The maximum absolute atomic E-state index is 11.4. The van der Waals surface area contributed by atoms with Gasteiger partial charge in [0, 0.05) is 6.20 Å². The van der Waals surface area contributed by atoms with Crippen molar-refractivity contribution in [3.63, 3.8) is 0 Å². The van der Waals surface area contributed by atoms with Crippen molar-refractivity contribution in [2.45, 2.75) is 0 Å². The van der Waals surface area contributed by atoms with Crippen LogP contribution in [-0.4, -0.2) is 29.6 Å². The largest absolute Gasteiger partial charge is 0.493 e. The lowest BCUT2D eigenvalue weighted by molar-refractivity contribution is 0.0593. The lowest BCUT2D eigenvalue weighted by Crippen LogP contribution is -2.05. The van der Waals surface area contributed by atoms with Crippen LogP contribution in [0.3, 0.4) is 0 Å². The molecule has 0 bridgehead atoms. The average molecular weight is 206 g/mol. The third kappa shape index (κ3) is 1.41. The second-order valence-electron chi connectivity index (χ2n) is 2.91. The molecule has 0 aromatic carbocycles. The number of fused-ring (bicyclic) bond motifs is 1. The van der Waals surface area contributed by atoms with E-state index >= 15 is 0 Å². The SMILES string of the molecule is COC(=O)c1cnc2c(OC)cccn12. The van der Waals surface area contributed by atoms with Crippen molar-refractivity contribution in [2.75, 3.05) is 14.2 Å². The summed E-state index contributed by atoms with van der Waals surface area (Å²) in [4.78, 5) is 15.5. The lowest BCUT2D eigenvalue weighted by Gasteiger charge is -2.02. The predicted molar refractivity (Wildman–Crippen MR) is 53.1 cm³/mol. The van der Waals surface area contributed by atoms with Gasteiger partial charge >= 0.3 is 5.97 Å². The molecule has 15 heavy (non-hydrogen) atoms. The minimum Gasteiger partial charge on any atom is -0.493 e. The summed E-state index contributed by atoms with van der Waals surface area (Å²) in [5.41, 5.74) is 0.979. The van der Waals surface area contributed by atoms with Gasteiger partial charge in [0.15, 0.2) is 17.1 Å². The zero-order valence-electron chi connectivity index (χ0n) is 8.43. The van der Waals surface area contributed by atoms with Crippen LogP contribution < -0.4 is 4.74 Å². The Hall–Kier alpha value is -2.04. The standard InChI is InChI=1S/C10H10N2O3/c1-14-8-4-3-5-12-7(10(13)15-2)6-11-9(8)12/h3-6H,1-2H3. The first-order valence-corrected chi connectivity index (χ1v) is 4.36. The molecule has 0 amide bonds. The third-order valence-electron chi connectivity index (χ3n) is 2.11. The van der Waals surface area contributed by atoms with E-state index in [9.17, 15) is 4.79 Å². The van der Waals surface area contributed by atoms with Gasteiger partial charge < -0.3 is 9.47 Å². The van der Waals surface area contributed by atoms with E-state index in [1.807, 2.05) is 0 Å². The quantitative estimate of drug-likeness (QED) is 0.691. The molecule has 0 unspecified atom stereocenters. The number of nitrogens with zero attached hydrogens (tertiary/aromatic N) is 2. The van der Waals surface area contributed by atoms with Gasteiger partial charge in [-0.15, -0.1) is 0 Å². The minimum atomic E-state index is -0.421. The minimum absolute atomic E-state index is 0.381. The first kappa shape index (κ1) is 9.51. The van der Waals surface area contributed by atoms with E-state index in [2.05, 4.69) is 9.72 Å². The van der Waals surface area contributed by atoms with E-state index in [-0.39, 0.29) is 0 Å². The Bertz CT molecular complexity index is 504. The molecular weight excluding hydrogens is 196 g/mol. The van der Waals surface area contributed by atoms with Gasteiger partial charge in [-0.1, -0.05) is 0 Å². The van der Waals surface area contributed by atoms with Crippen molar-refractivity contribution in [1.29, 1.82) is 0 Å². The van der Waals surface area contributed by atoms with Crippen molar-refractivity contribution in [1.82, 2.24) is 9.38 Å². The molecule has 0 aliphatic heterocycles. The van der Waals surface area contributed by atoms with Crippen molar-refractivity contribution >= 4 is 11.6 Å². The van der Waals surface area contributed by atoms with Crippen molar-refractivity contribution in [2.24, 2.45) is 0 Å². The van der Waals surface area contributed by atoms with Gasteiger partial charge in [0.2, 0.25) is 0 Å². The number of carbonyl (C=O) groups excluding carboxylic acids is 1. The van der Waals surface area contributed by atoms with E-state index < -0.39 is 5.97 Å². The number of methoxy groups -OCH3 is 2. The molecule has 2 aromatic heterocycles. The Morgan fingerprint density at radius 1 is 1.47 bits per heavy atom. The molecular formula is C10H10N2O3. The summed E-state index contributed by atoms with van der Waals surface area (Å²) in [5.74, 6) is 0.198. The Labute approximate surface area is 86.3 Å².